The average Bonchev–Trinajstić information content (AvgIpc) is 2.70. The molecule has 0 bridgehead atoms. The number of nitrogens with zero attached hydrogens (tertiary/aromatic N) is 2. The summed E-state index contributed by atoms with van der Waals surface area (Å²) >= 11 is 6.09. The Balaban J connectivity index is 1.69. The molecule has 148 valence electrons. The third-order valence-corrected chi connectivity index (χ3v) is 5.03. The molecule has 0 spiro atoms. The van der Waals surface area contributed by atoms with Gasteiger partial charge in [0.15, 0.2) is 6.10 Å². The van der Waals surface area contributed by atoms with Crippen LogP contribution in [0.1, 0.15) is 17.3 Å². The van der Waals surface area contributed by atoms with Crippen LogP contribution < -0.4 is 10.1 Å². The maximum atomic E-state index is 12.9. The Labute approximate surface area is 170 Å². The van der Waals surface area contributed by atoms with E-state index in [9.17, 15) is 9.59 Å². The smallest absolute Gasteiger partial charge is 0.265 e. The van der Waals surface area contributed by atoms with Gasteiger partial charge in [-0.25, -0.2) is 0 Å². The van der Waals surface area contributed by atoms with Gasteiger partial charge in [0.2, 0.25) is 0 Å². The largest absolute Gasteiger partial charge is 0.479 e. The van der Waals surface area contributed by atoms with Crippen LogP contribution in [0.5, 0.6) is 5.75 Å². The van der Waals surface area contributed by atoms with E-state index in [0.717, 1.165) is 13.1 Å². The molecule has 2 aromatic rings. The van der Waals surface area contributed by atoms with Crippen molar-refractivity contribution < 1.29 is 14.3 Å². The standard InChI is InChI=1S/C21H24ClN3O3/c1-15(28-19-10-6-4-8-17(19)22)20(26)23-18-9-5-3-7-16(18)21(27)25-13-11-24(2)12-14-25/h3-10,15H,11-14H2,1-2H3,(H,23,26)/t15-/m0/s1. The predicted molar refractivity (Wildman–Crippen MR) is 110 cm³/mol. The minimum absolute atomic E-state index is 0.0799. The number of hydrogen-bond donors (Lipinski definition) is 1. The molecule has 1 atom stereocenters. The lowest BCUT2D eigenvalue weighted by molar-refractivity contribution is -0.122. The molecule has 3 rings (SSSR count). The molecular formula is C21H24ClN3O3. The number of anilines is 1. The van der Waals surface area contributed by atoms with Crippen LogP contribution in [0.3, 0.4) is 0 Å². The highest BCUT2D eigenvalue weighted by atomic mass is 35.5. The summed E-state index contributed by atoms with van der Waals surface area (Å²) < 4.78 is 5.66. The molecule has 1 aliphatic rings. The summed E-state index contributed by atoms with van der Waals surface area (Å²) in [6.45, 7) is 4.66. The summed E-state index contributed by atoms with van der Waals surface area (Å²) in [6, 6.07) is 14.0. The lowest BCUT2D eigenvalue weighted by Crippen LogP contribution is -2.47. The summed E-state index contributed by atoms with van der Waals surface area (Å²) in [7, 11) is 2.04. The number of piperazine rings is 1. The van der Waals surface area contributed by atoms with Crippen LogP contribution >= 0.6 is 11.6 Å². The quantitative estimate of drug-likeness (QED) is 0.836. The first kappa shape index (κ1) is 20.2. The van der Waals surface area contributed by atoms with Crippen LogP contribution in [0.2, 0.25) is 5.02 Å². The monoisotopic (exact) mass is 401 g/mol. The molecule has 0 aromatic heterocycles. The Morgan fingerprint density at radius 3 is 2.39 bits per heavy atom. The van der Waals surface area contributed by atoms with Gasteiger partial charge in [0.05, 0.1) is 16.3 Å². The zero-order valence-corrected chi connectivity index (χ0v) is 16.8. The minimum Gasteiger partial charge on any atom is -0.479 e. The third-order valence-electron chi connectivity index (χ3n) is 4.72. The number of carbonyl (C=O) groups excluding carboxylic acids is 2. The second-order valence-corrected chi connectivity index (χ2v) is 7.23. The molecule has 1 fully saturated rings. The average molecular weight is 402 g/mol. The molecule has 1 heterocycles. The Kier molecular flexibility index (Phi) is 6.54. The fourth-order valence-corrected chi connectivity index (χ4v) is 3.16. The summed E-state index contributed by atoms with van der Waals surface area (Å²) in [5.74, 6) is 0.0100. The van der Waals surface area contributed by atoms with Crippen molar-refractivity contribution >= 4 is 29.1 Å². The second kappa shape index (κ2) is 9.08. The molecule has 0 unspecified atom stereocenters. The molecule has 2 amide bonds. The number of para-hydroxylation sites is 2. The van der Waals surface area contributed by atoms with Crippen molar-refractivity contribution in [3.63, 3.8) is 0 Å². The Morgan fingerprint density at radius 1 is 1.04 bits per heavy atom. The van der Waals surface area contributed by atoms with Crippen molar-refractivity contribution in [3.05, 3.63) is 59.1 Å². The lowest BCUT2D eigenvalue weighted by Gasteiger charge is -2.32. The van der Waals surface area contributed by atoms with E-state index in [4.69, 9.17) is 16.3 Å². The van der Waals surface area contributed by atoms with Gasteiger partial charge in [-0.15, -0.1) is 0 Å². The van der Waals surface area contributed by atoms with Gasteiger partial charge in [0.1, 0.15) is 5.75 Å². The molecule has 1 N–H and O–H groups in total. The van der Waals surface area contributed by atoms with Crippen molar-refractivity contribution in [2.45, 2.75) is 13.0 Å². The van der Waals surface area contributed by atoms with E-state index in [1.807, 2.05) is 11.9 Å². The number of rotatable bonds is 5. The molecule has 1 saturated heterocycles. The number of halogens is 1. The highest BCUT2D eigenvalue weighted by Gasteiger charge is 2.24. The van der Waals surface area contributed by atoms with Crippen LogP contribution in [0, 0.1) is 0 Å². The van der Waals surface area contributed by atoms with Gasteiger partial charge in [0.25, 0.3) is 11.8 Å². The first-order valence-corrected chi connectivity index (χ1v) is 9.62. The number of amides is 2. The van der Waals surface area contributed by atoms with E-state index in [1.54, 1.807) is 55.5 Å². The molecule has 2 aromatic carbocycles. The topological polar surface area (TPSA) is 61.9 Å². The number of likely N-dealkylation sites (N-methyl/N-ethyl adjacent to an activating group) is 1. The van der Waals surface area contributed by atoms with E-state index in [-0.39, 0.29) is 11.8 Å². The minimum atomic E-state index is -0.772. The van der Waals surface area contributed by atoms with Gasteiger partial charge in [0, 0.05) is 26.2 Å². The summed E-state index contributed by atoms with van der Waals surface area (Å²) in [4.78, 5) is 29.5. The second-order valence-electron chi connectivity index (χ2n) is 6.82. The Morgan fingerprint density at radius 2 is 1.68 bits per heavy atom. The van der Waals surface area contributed by atoms with E-state index >= 15 is 0 Å². The predicted octanol–water partition coefficient (Wildman–Crippen LogP) is 3.13. The number of benzene rings is 2. The van der Waals surface area contributed by atoms with Gasteiger partial charge >= 0.3 is 0 Å². The maximum absolute atomic E-state index is 12.9. The lowest BCUT2D eigenvalue weighted by atomic mass is 10.1. The highest BCUT2D eigenvalue weighted by molar-refractivity contribution is 6.32. The third kappa shape index (κ3) is 4.82. The zero-order chi connectivity index (χ0) is 20.1. The summed E-state index contributed by atoms with van der Waals surface area (Å²) in [5, 5.41) is 3.25. The molecule has 6 nitrogen and oxygen atoms in total. The number of hydrogen-bond acceptors (Lipinski definition) is 4. The number of ether oxygens (including phenoxy) is 1. The normalized spacial score (nSPS) is 15.8. The van der Waals surface area contributed by atoms with Gasteiger partial charge < -0.3 is 19.9 Å². The van der Waals surface area contributed by atoms with Crippen LogP contribution in [0.4, 0.5) is 5.69 Å². The van der Waals surface area contributed by atoms with Crippen molar-refractivity contribution in [1.29, 1.82) is 0 Å². The van der Waals surface area contributed by atoms with Crippen molar-refractivity contribution in [3.8, 4) is 5.75 Å². The zero-order valence-electron chi connectivity index (χ0n) is 16.0. The van der Waals surface area contributed by atoms with E-state index in [0.29, 0.717) is 35.1 Å². The first-order valence-electron chi connectivity index (χ1n) is 9.24. The van der Waals surface area contributed by atoms with Crippen molar-refractivity contribution in [2.75, 3.05) is 38.5 Å². The van der Waals surface area contributed by atoms with Gasteiger partial charge in [-0.3, -0.25) is 9.59 Å². The highest BCUT2D eigenvalue weighted by Crippen LogP contribution is 2.25. The molecule has 28 heavy (non-hydrogen) atoms. The van der Waals surface area contributed by atoms with Gasteiger partial charge in [-0.2, -0.15) is 0 Å². The summed E-state index contributed by atoms with van der Waals surface area (Å²) in [5.41, 5.74) is 0.955. The number of nitrogens with one attached hydrogen (secondary N) is 1. The van der Waals surface area contributed by atoms with Gasteiger partial charge in [-0.05, 0) is 38.2 Å². The SMILES string of the molecule is C[C@H](Oc1ccccc1Cl)C(=O)Nc1ccccc1C(=O)N1CCN(C)CC1. The molecule has 7 heteroatoms. The summed E-state index contributed by atoms with van der Waals surface area (Å²) in [6.07, 6.45) is -0.772. The van der Waals surface area contributed by atoms with Crippen molar-refractivity contribution in [1.82, 2.24) is 9.80 Å². The fourth-order valence-electron chi connectivity index (χ4n) is 2.98. The van der Waals surface area contributed by atoms with Crippen LogP contribution in [0.25, 0.3) is 0 Å². The van der Waals surface area contributed by atoms with Crippen LogP contribution in [-0.2, 0) is 4.79 Å². The molecule has 0 radical (unpaired) electrons. The van der Waals surface area contributed by atoms with E-state index < -0.39 is 6.10 Å². The molecule has 1 aliphatic heterocycles. The van der Waals surface area contributed by atoms with Gasteiger partial charge in [-0.1, -0.05) is 35.9 Å². The maximum Gasteiger partial charge on any atom is 0.265 e. The Hall–Kier alpha value is -2.57. The molecule has 0 saturated carbocycles. The Bertz CT molecular complexity index is 850. The van der Waals surface area contributed by atoms with Crippen LogP contribution in [0.15, 0.2) is 48.5 Å². The van der Waals surface area contributed by atoms with E-state index in [1.165, 1.54) is 0 Å². The van der Waals surface area contributed by atoms with Crippen molar-refractivity contribution in [2.24, 2.45) is 0 Å². The van der Waals surface area contributed by atoms with E-state index in [2.05, 4.69) is 10.2 Å². The molecular weight excluding hydrogens is 378 g/mol. The number of carbonyl (C=O) groups is 2. The molecule has 0 aliphatic carbocycles. The van der Waals surface area contributed by atoms with Crippen LogP contribution in [-0.4, -0.2) is 60.9 Å². The first-order chi connectivity index (χ1) is 13.5. The fraction of sp³-hybridized carbons (Fsp3) is 0.333.